The van der Waals surface area contributed by atoms with E-state index >= 15 is 0 Å². The second-order valence-electron chi connectivity index (χ2n) is 7.71. The van der Waals surface area contributed by atoms with Gasteiger partial charge in [-0.05, 0) is 48.7 Å². The summed E-state index contributed by atoms with van der Waals surface area (Å²) < 4.78 is 43.3. The van der Waals surface area contributed by atoms with Gasteiger partial charge in [-0.2, -0.15) is 9.40 Å². The Kier molecular flexibility index (Phi) is 6.70. The topological polar surface area (TPSA) is 127 Å². The number of sulfonamides is 1. The van der Waals surface area contributed by atoms with E-state index in [2.05, 4.69) is 15.5 Å². The summed E-state index contributed by atoms with van der Waals surface area (Å²) in [6, 6.07) is 10.2. The fraction of sp³-hybridized carbons (Fsp3) is 0.364. The first-order chi connectivity index (χ1) is 15.9. The van der Waals surface area contributed by atoms with Gasteiger partial charge in [0.15, 0.2) is 5.76 Å². The molecule has 2 aromatic heterocycles. The van der Waals surface area contributed by atoms with Gasteiger partial charge in [0.1, 0.15) is 17.2 Å². The highest BCUT2D eigenvalue weighted by Gasteiger charge is 2.34. The van der Waals surface area contributed by atoms with Crippen molar-refractivity contribution in [3.63, 3.8) is 0 Å². The molecule has 4 rings (SSSR count). The molecule has 0 radical (unpaired) electrons. The maximum Gasteiger partial charge on any atom is 0.276 e. The van der Waals surface area contributed by atoms with E-state index in [4.69, 9.17) is 13.9 Å². The summed E-state index contributed by atoms with van der Waals surface area (Å²) in [5, 5.41) is 9.39. The van der Waals surface area contributed by atoms with E-state index < -0.39 is 10.0 Å². The van der Waals surface area contributed by atoms with Crippen molar-refractivity contribution in [1.29, 1.82) is 0 Å². The molecule has 0 aliphatic carbocycles. The van der Waals surface area contributed by atoms with Crippen molar-refractivity contribution >= 4 is 15.9 Å². The Balaban J connectivity index is 1.33. The number of aromatic nitrogens is 2. The van der Waals surface area contributed by atoms with Crippen molar-refractivity contribution in [2.75, 3.05) is 27.3 Å². The van der Waals surface area contributed by atoms with Crippen LogP contribution in [0.3, 0.4) is 0 Å². The molecule has 1 aliphatic heterocycles. The number of nitrogens with zero attached hydrogens (tertiary/aromatic N) is 2. The Hall–Kier alpha value is -3.31. The highest BCUT2D eigenvalue weighted by atomic mass is 32.2. The summed E-state index contributed by atoms with van der Waals surface area (Å²) in [4.78, 5) is 12.7. The van der Waals surface area contributed by atoms with Crippen LogP contribution in [0.15, 0.2) is 52.1 Å². The minimum absolute atomic E-state index is 0.103. The third-order valence-corrected chi connectivity index (χ3v) is 7.42. The van der Waals surface area contributed by atoms with Crippen LogP contribution in [-0.4, -0.2) is 56.1 Å². The molecule has 2 N–H and O–H groups in total. The van der Waals surface area contributed by atoms with Gasteiger partial charge in [-0.1, -0.05) is 0 Å². The summed E-state index contributed by atoms with van der Waals surface area (Å²) in [6.45, 7) is 0.814. The molecule has 1 amide bonds. The van der Waals surface area contributed by atoms with Crippen LogP contribution in [0.2, 0.25) is 0 Å². The number of piperidine rings is 1. The van der Waals surface area contributed by atoms with E-state index in [9.17, 15) is 13.2 Å². The fourth-order valence-corrected chi connectivity index (χ4v) is 5.17. The van der Waals surface area contributed by atoms with Gasteiger partial charge in [0.25, 0.3) is 10.0 Å². The minimum atomic E-state index is -3.78. The number of benzene rings is 1. The second kappa shape index (κ2) is 9.67. The number of carbonyl (C=O) groups is 1. The van der Waals surface area contributed by atoms with Gasteiger partial charge in [0, 0.05) is 37.8 Å². The minimum Gasteiger partial charge on any atom is -0.497 e. The van der Waals surface area contributed by atoms with Gasteiger partial charge in [0.2, 0.25) is 11.0 Å². The van der Waals surface area contributed by atoms with Crippen molar-refractivity contribution < 1.29 is 27.1 Å². The Bertz CT molecular complexity index is 1180. The van der Waals surface area contributed by atoms with E-state index in [0.717, 1.165) is 5.56 Å². The van der Waals surface area contributed by atoms with Crippen LogP contribution in [0.5, 0.6) is 11.5 Å². The summed E-state index contributed by atoms with van der Waals surface area (Å²) in [7, 11) is -0.641. The second-order valence-corrected chi connectivity index (χ2v) is 9.57. The number of amides is 1. The number of H-pyrrole nitrogens is 1. The number of furan rings is 1. The largest absolute Gasteiger partial charge is 0.497 e. The molecule has 11 heteroatoms. The van der Waals surface area contributed by atoms with Crippen molar-refractivity contribution in [3.05, 3.63) is 48.2 Å². The first-order valence-electron chi connectivity index (χ1n) is 10.5. The predicted octanol–water partition coefficient (Wildman–Crippen LogP) is 2.40. The van der Waals surface area contributed by atoms with Crippen LogP contribution in [-0.2, 0) is 21.4 Å². The third kappa shape index (κ3) is 5.04. The predicted molar refractivity (Wildman–Crippen MR) is 119 cm³/mol. The molecule has 33 heavy (non-hydrogen) atoms. The van der Waals surface area contributed by atoms with Gasteiger partial charge in [-0.15, -0.1) is 0 Å². The van der Waals surface area contributed by atoms with Crippen LogP contribution >= 0.6 is 0 Å². The Morgan fingerprint density at radius 2 is 1.85 bits per heavy atom. The summed E-state index contributed by atoms with van der Waals surface area (Å²) in [5.74, 6) is 1.32. The normalized spacial score (nSPS) is 15.3. The van der Waals surface area contributed by atoms with E-state index in [-0.39, 0.29) is 30.0 Å². The van der Waals surface area contributed by atoms with Crippen molar-refractivity contribution in [3.8, 4) is 23.0 Å². The molecule has 0 bridgehead atoms. The van der Waals surface area contributed by atoms with Crippen molar-refractivity contribution in [2.24, 2.45) is 5.92 Å². The van der Waals surface area contributed by atoms with Crippen molar-refractivity contribution in [1.82, 2.24) is 19.8 Å². The molecule has 3 heterocycles. The lowest BCUT2D eigenvalue weighted by Gasteiger charge is -2.29. The summed E-state index contributed by atoms with van der Waals surface area (Å²) >= 11 is 0. The third-order valence-electron chi connectivity index (χ3n) is 5.64. The quantitative estimate of drug-likeness (QED) is 0.513. The van der Waals surface area contributed by atoms with E-state index in [1.807, 2.05) is 12.1 Å². The number of aromatic amines is 1. The molecule has 10 nitrogen and oxygen atoms in total. The standard InChI is InChI=1S/C22H26N4O6S/c1-30-17-11-15(12-18(13-17)31-2)14-23-22(27)16-6-9-26(10-7-16)33(28,29)21-4-3-20(32-21)19-5-8-24-25-19/h3-5,8,11-13,16H,6-7,9-10,14H2,1-2H3,(H,23,27)(H,24,25). The number of hydrogen-bond donors (Lipinski definition) is 2. The number of carbonyl (C=O) groups excluding carboxylic acids is 1. The average Bonchev–Trinajstić information content (AvgIpc) is 3.55. The number of methoxy groups -OCH3 is 2. The maximum absolute atomic E-state index is 13.0. The van der Waals surface area contributed by atoms with Crippen LogP contribution < -0.4 is 14.8 Å². The first-order valence-corrected chi connectivity index (χ1v) is 11.9. The molecule has 1 fully saturated rings. The lowest BCUT2D eigenvalue weighted by Crippen LogP contribution is -2.42. The number of nitrogens with one attached hydrogen (secondary N) is 2. The molecular weight excluding hydrogens is 448 g/mol. The Morgan fingerprint density at radius 3 is 2.45 bits per heavy atom. The van der Waals surface area contributed by atoms with E-state index in [0.29, 0.717) is 42.3 Å². The van der Waals surface area contributed by atoms with E-state index in [1.165, 1.54) is 10.4 Å². The molecule has 0 spiro atoms. The highest BCUT2D eigenvalue weighted by molar-refractivity contribution is 7.89. The zero-order valence-corrected chi connectivity index (χ0v) is 19.2. The molecule has 3 aromatic rings. The number of rotatable bonds is 8. The lowest BCUT2D eigenvalue weighted by atomic mass is 9.97. The van der Waals surface area contributed by atoms with Gasteiger partial charge >= 0.3 is 0 Å². The first kappa shape index (κ1) is 22.9. The molecule has 1 aliphatic rings. The SMILES string of the molecule is COc1cc(CNC(=O)C2CCN(S(=O)(=O)c3ccc(-c4ccn[nH]4)o3)CC2)cc(OC)c1. The number of hydrogen-bond acceptors (Lipinski definition) is 7. The number of ether oxygens (including phenoxy) is 2. The maximum atomic E-state index is 13.0. The van der Waals surface area contributed by atoms with Gasteiger partial charge in [-0.25, -0.2) is 8.42 Å². The Morgan fingerprint density at radius 1 is 1.15 bits per heavy atom. The van der Waals surface area contributed by atoms with Crippen LogP contribution in [0.25, 0.3) is 11.5 Å². The van der Waals surface area contributed by atoms with Crippen LogP contribution in [0.1, 0.15) is 18.4 Å². The summed E-state index contributed by atoms with van der Waals surface area (Å²) in [6.07, 6.45) is 2.42. The average molecular weight is 475 g/mol. The molecule has 0 unspecified atom stereocenters. The van der Waals surface area contributed by atoms with Gasteiger partial charge in [0.05, 0.1) is 14.2 Å². The molecule has 0 saturated carbocycles. The van der Waals surface area contributed by atoms with Gasteiger partial charge < -0.3 is 19.2 Å². The molecule has 1 aromatic carbocycles. The Labute approximate surface area is 191 Å². The highest BCUT2D eigenvalue weighted by Crippen LogP contribution is 2.28. The fourth-order valence-electron chi connectivity index (χ4n) is 3.78. The van der Waals surface area contributed by atoms with Crippen LogP contribution in [0, 0.1) is 5.92 Å². The summed E-state index contributed by atoms with van der Waals surface area (Å²) in [5.41, 5.74) is 1.45. The van der Waals surface area contributed by atoms with E-state index in [1.54, 1.807) is 38.6 Å². The molecule has 0 atom stereocenters. The van der Waals surface area contributed by atoms with Crippen LogP contribution in [0.4, 0.5) is 0 Å². The zero-order chi connectivity index (χ0) is 23.4. The zero-order valence-electron chi connectivity index (χ0n) is 18.4. The molecular formula is C22H26N4O6S. The molecule has 176 valence electrons. The van der Waals surface area contributed by atoms with Gasteiger partial charge in [-0.3, -0.25) is 9.89 Å². The lowest BCUT2D eigenvalue weighted by molar-refractivity contribution is -0.126. The smallest absolute Gasteiger partial charge is 0.276 e. The molecule has 1 saturated heterocycles. The monoisotopic (exact) mass is 474 g/mol. The van der Waals surface area contributed by atoms with Crippen molar-refractivity contribution in [2.45, 2.75) is 24.5 Å².